The molecule has 2 N–H and O–H groups in total. The van der Waals surface area contributed by atoms with Gasteiger partial charge in [0.2, 0.25) is 0 Å². The van der Waals surface area contributed by atoms with Crippen molar-refractivity contribution < 1.29 is 18.3 Å². The van der Waals surface area contributed by atoms with Crippen molar-refractivity contribution in [3.05, 3.63) is 29.3 Å². The Kier molecular flexibility index (Phi) is 3.27. The van der Waals surface area contributed by atoms with E-state index >= 15 is 0 Å². The van der Waals surface area contributed by atoms with Crippen molar-refractivity contribution in [2.75, 3.05) is 17.4 Å². The molecule has 1 aliphatic heterocycles. The molecule has 0 aliphatic carbocycles. The van der Waals surface area contributed by atoms with Gasteiger partial charge in [-0.05, 0) is 37.1 Å². The molecule has 98 valence electrons. The molecule has 1 fully saturated rings. The molecule has 0 aromatic heterocycles. The van der Waals surface area contributed by atoms with Crippen molar-refractivity contribution in [2.45, 2.75) is 13.3 Å². The van der Waals surface area contributed by atoms with Crippen LogP contribution >= 0.6 is 0 Å². The number of nitrogens with one attached hydrogen (secondary N) is 1. The van der Waals surface area contributed by atoms with Gasteiger partial charge in [-0.25, -0.2) is 4.79 Å². The van der Waals surface area contributed by atoms with E-state index in [4.69, 9.17) is 5.11 Å². The van der Waals surface area contributed by atoms with Crippen molar-refractivity contribution in [3.63, 3.8) is 0 Å². The molecule has 2 rings (SSSR count). The van der Waals surface area contributed by atoms with E-state index in [2.05, 4.69) is 4.72 Å². The summed E-state index contributed by atoms with van der Waals surface area (Å²) in [5.41, 5.74) is 1.30. The summed E-state index contributed by atoms with van der Waals surface area (Å²) in [5, 5.41) is 8.87. The minimum Gasteiger partial charge on any atom is -0.478 e. The van der Waals surface area contributed by atoms with Crippen LogP contribution in [0.25, 0.3) is 0 Å². The molecular formula is C11H14N2O4S. The molecule has 1 aromatic carbocycles. The molecule has 1 saturated heterocycles. The van der Waals surface area contributed by atoms with E-state index in [0.29, 0.717) is 24.3 Å². The third-order valence-electron chi connectivity index (χ3n) is 2.83. The molecule has 0 radical (unpaired) electrons. The summed E-state index contributed by atoms with van der Waals surface area (Å²) in [6, 6.07) is 4.42. The first-order valence-corrected chi connectivity index (χ1v) is 6.97. The highest BCUT2D eigenvalue weighted by Gasteiger charge is 2.26. The molecule has 7 heteroatoms. The summed E-state index contributed by atoms with van der Waals surface area (Å²) >= 11 is 0. The fraction of sp³-hybridized carbons (Fsp3) is 0.364. The maximum Gasteiger partial charge on any atom is 0.335 e. The van der Waals surface area contributed by atoms with Crippen LogP contribution in [0.5, 0.6) is 0 Å². The topological polar surface area (TPSA) is 86.7 Å². The van der Waals surface area contributed by atoms with Gasteiger partial charge in [-0.2, -0.15) is 13.1 Å². The second kappa shape index (κ2) is 4.58. The highest BCUT2D eigenvalue weighted by molar-refractivity contribution is 7.90. The first-order valence-electron chi connectivity index (χ1n) is 5.53. The number of rotatable bonds is 2. The normalized spacial score (nSPS) is 18.6. The molecule has 0 spiro atoms. The molecule has 1 heterocycles. The average Bonchev–Trinajstić information content (AvgIpc) is 2.29. The smallest absolute Gasteiger partial charge is 0.335 e. The van der Waals surface area contributed by atoms with E-state index in [9.17, 15) is 13.2 Å². The number of anilines is 1. The third-order valence-corrected chi connectivity index (χ3v) is 4.35. The minimum absolute atomic E-state index is 0.151. The third kappa shape index (κ3) is 2.32. The Morgan fingerprint density at radius 1 is 1.44 bits per heavy atom. The average molecular weight is 270 g/mol. The van der Waals surface area contributed by atoms with Gasteiger partial charge >= 0.3 is 16.2 Å². The Labute approximate surface area is 105 Å². The van der Waals surface area contributed by atoms with Crippen LogP contribution in [0.3, 0.4) is 0 Å². The summed E-state index contributed by atoms with van der Waals surface area (Å²) in [6.45, 7) is 2.54. The number of carboxylic acid groups (broad SMARTS) is 1. The van der Waals surface area contributed by atoms with Gasteiger partial charge in [0.25, 0.3) is 0 Å². The molecule has 1 aliphatic rings. The molecule has 1 aromatic rings. The Balaban J connectivity index is 2.42. The van der Waals surface area contributed by atoms with E-state index in [0.717, 1.165) is 6.42 Å². The van der Waals surface area contributed by atoms with Gasteiger partial charge in [0.15, 0.2) is 0 Å². The zero-order chi connectivity index (χ0) is 13.3. The van der Waals surface area contributed by atoms with E-state index < -0.39 is 16.2 Å². The molecule has 0 atom stereocenters. The maximum atomic E-state index is 11.9. The SMILES string of the molecule is Cc1cc(C(=O)O)ccc1N1CCCNS1(=O)=O. The lowest BCUT2D eigenvalue weighted by Crippen LogP contribution is -2.47. The molecule has 18 heavy (non-hydrogen) atoms. The molecule has 0 unspecified atom stereocenters. The number of nitrogens with zero attached hydrogens (tertiary/aromatic N) is 1. The lowest BCUT2D eigenvalue weighted by atomic mass is 10.1. The second-order valence-corrected chi connectivity index (χ2v) is 5.81. The summed E-state index contributed by atoms with van der Waals surface area (Å²) in [5.74, 6) is -1.02. The summed E-state index contributed by atoms with van der Waals surface area (Å²) < 4.78 is 27.4. The van der Waals surface area contributed by atoms with Crippen LogP contribution in [-0.2, 0) is 10.2 Å². The predicted octanol–water partition coefficient (Wildman–Crippen LogP) is 0.738. The van der Waals surface area contributed by atoms with Crippen molar-refractivity contribution in [3.8, 4) is 0 Å². The first kappa shape index (κ1) is 12.8. The number of carboxylic acids is 1. The van der Waals surface area contributed by atoms with Gasteiger partial charge < -0.3 is 5.11 Å². The van der Waals surface area contributed by atoms with Crippen LogP contribution in [0.1, 0.15) is 22.3 Å². The number of carbonyl (C=O) groups is 1. The summed E-state index contributed by atoms with van der Waals surface area (Å²) in [6.07, 6.45) is 0.722. The van der Waals surface area contributed by atoms with E-state index in [-0.39, 0.29) is 5.56 Å². The minimum atomic E-state index is -3.50. The lowest BCUT2D eigenvalue weighted by molar-refractivity contribution is 0.0697. The van der Waals surface area contributed by atoms with Crippen molar-refractivity contribution >= 4 is 21.9 Å². The van der Waals surface area contributed by atoms with Crippen LogP contribution in [0, 0.1) is 6.92 Å². The molecule has 0 amide bonds. The maximum absolute atomic E-state index is 11.9. The van der Waals surface area contributed by atoms with Crippen molar-refractivity contribution in [1.29, 1.82) is 0 Å². The molecule has 0 saturated carbocycles. The monoisotopic (exact) mass is 270 g/mol. The highest BCUT2D eigenvalue weighted by Crippen LogP contribution is 2.25. The van der Waals surface area contributed by atoms with Gasteiger partial charge in [0, 0.05) is 13.1 Å². The molecular weight excluding hydrogens is 256 g/mol. The fourth-order valence-electron chi connectivity index (χ4n) is 1.94. The Morgan fingerprint density at radius 3 is 2.72 bits per heavy atom. The van der Waals surface area contributed by atoms with Crippen molar-refractivity contribution in [1.82, 2.24) is 4.72 Å². The molecule has 0 bridgehead atoms. The standard InChI is InChI=1S/C11H14N2O4S/c1-8-7-9(11(14)15)3-4-10(8)13-6-2-5-12-18(13,16)17/h3-4,7,12H,2,5-6H2,1H3,(H,14,15). The van der Waals surface area contributed by atoms with Gasteiger partial charge in [-0.1, -0.05) is 0 Å². The Morgan fingerprint density at radius 2 is 2.17 bits per heavy atom. The Bertz CT molecular complexity index is 583. The van der Waals surface area contributed by atoms with Crippen LogP contribution in [0.2, 0.25) is 0 Å². The predicted molar refractivity (Wildman–Crippen MR) is 67.0 cm³/mol. The van der Waals surface area contributed by atoms with Crippen LogP contribution in [0.15, 0.2) is 18.2 Å². The summed E-state index contributed by atoms with van der Waals surface area (Å²) in [7, 11) is -3.50. The lowest BCUT2D eigenvalue weighted by Gasteiger charge is -2.29. The van der Waals surface area contributed by atoms with Crippen LogP contribution < -0.4 is 9.03 Å². The first-order chi connectivity index (χ1) is 8.42. The van der Waals surface area contributed by atoms with E-state index in [1.54, 1.807) is 6.92 Å². The van der Waals surface area contributed by atoms with Gasteiger partial charge in [-0.3, -0.25) is 4.31 Å². The molecule has 6 nitrogen and oxygen atoms in total. The van der Waals surface area contributed by atoms with Crippen LogP contribution in [0.4, 0.5) is 5.69 Å². The van der Waals surface area contributed by atoms with E-state index in [1.165, 1.54) is 22.5 Å². The zero-order valence-electron chi connectivity index (χ0n) is 9.88. The van der Waals surface area contributed by atoms with Gasteiger partial charge in [-0.15, -0.1) is 0 Å². The van der Waals surface area contributed by atoms with E-state index in [1.807, 2.05) is 0 Å². The Hall–Kier alpha value is -1.60. The number of hydrogen-bond donors (Lipinski definition) is 2. The number of aromatic carboxylic acids is 1. The zero-order valence-corrected chi connectivity index (χ0v) is 10.7. The fourth-order valence-corrected chi connectivity index (χ4v) is 3.33. The largest absolute Gasteiger partial charge is 0.478 e. The summed E-state index contributed by atoms with van der Waals surface area (Å²) in [4.78, 5) is 10.8. The van der Waals surface area contributed by atoms with Gasteiger partial charge in [0.1, 0.15) is 0 Å². The number of hydrogen-bond acceptors (Lipinski definition) is 3. The number of aryl methyl sites for hydroxylation is 1. The van der Waals surface area contributed by atoms with Crippen LogP contribution in [-0.4, -0.2) is 32.6 Å². The van der Waals surface area contributed by atoms with Crippen molar-refractivity contribution in [2.24, 2.45) is 0 Å². The van der Waals surface area contributed by atoms with Gasteiger partial charge in [0.05, 0.1) is 11.3 Å². The highest BCUT2D eigenvalue weighted by atomic mass is 32.2. The quantitative estimate of drug-likeness (QED) is 0.829. The number of benzene rings is 1. The second-order valence-electron chi connectivity index (χ2n) is 4.13.